The molecule has 0 amide bonds. The lowest BCUT2D eigenvalue weighted by molar-refractivity contribution is 0.622. The van der Waals surface area contributed by atoms with Gasteiger partial charge in [0.1, 0.15) is 0 Å². The summed E-state index contributed by atoms with van der Waals surface area (Å²) in [6.45, 7) is 7.33. The lowest BCUT2D eigenvalue weighted by Gasteiger charge is -2.07. The van der Waals surface area contributed by atoms with E-state index in [0.717, 1.165) is 12.8 Å². The maximum Gasteiger partial charge on any atom is 0.0247 e. The van der Waals surface area contributed by atoms with Crippen molar-refractivity contribution in [2.45, 2.75) is 18.9 Å². The number of rotatable bonds is 5. The molecule has 52 valence electrons. The topological polar surface area (TPSA) is 12.0 Å². The maximum absolute atomic E-state index is 3.69. The van der Waals surface area contributed by atoms with Crippen LogP contribution < -0.4 is 5.32 Å². The third-order valence-electron chi connectivity index (χ3n) is 1.34. The van der Waals surface area contributed by atoms with E-state index in [0.29, 0.717) is 6.04 Å². The second-order valence-electron chi connectivity index (χ2n) is 2.00. The van der Waals surface area contributed by atoms with Crippen molar-refractivity contribution in [1.29, 1.82) is 0 Å². The molecular formula is C8H15N. The number of allylic oxidation sites excluding steroid dienone is 1. The monoisotopic (exact) mass is 125 g/mol. The van der Waals surface area contributed by atoms with E-state index in [1.54, 1.807) is 0 Å². The minimum atomic E-state index is 0.447. The first-order chi connectivity index (χ1) is 4.35. The molecule has 0 heterocycles. The fraction of sp³-hybridized carbons (Fsp3) is 0.500. The maximum atomic E-state index is 3.69. The standard InChI is InChI=1S/C8H15N/c1-4-6-7-8(5-2)9-3/h4-5,8-9H,1-2,6-7H2,3H3. The van der Waals surface area contributed by atoms with Crippen LogP contribution in [0.25, 0.3) is 0 Å². The van der Waals surface area contributed by atoms with Gasteiger partial charge < -0.3 is 5.32 Å². The van der Waals surface area contributed by atoms with Crippen LogP contribution >= 0.6 is 0 Å². The van der Waals surface area contributed by atoms with Crippen LogP contribution in [-0.2, 0) is 0 Å². The van der Waals surface area contributed by atoms with Gasteiger partial charge in [-0.25, -0.2) is 0 Å². The van der Waals surface area contributed by atoms with Crippen molar-refractivity contribution < 1.29 is 0 Å². The van der Waals surface area contributed by atoms with Gasteiger partial charge in [-0.3, -0.25) is 0 Å². The molecule has 0 saturated heterocycles. The Morgan fingerprint density at radius 2 is 2.22 bits per heavy atom. The van der Waals surface area contributed by atoms with E-state index in [1.165, 1.54) is 0 Å². The highest BCUT2D eigenvalue weighted by Crippen LogP contribution is 1.96. The summed E-state index contributed by atoms with van der Waals surface area (Å²) in [6, 6.07) is 0.447. The summed E-state index contributed by atoms with van der Waals surface area (Å²) in [5.74, 6) is 0. The molecular weight excluding hydrogens is 110 g/mol. The van der Waals surface area contributed by atoms with Gasteiger partial charge in [0.25, 0.3) is 0 Å². The molecule has 1 nitrogen and oxygen atoms in total. The number of hydrogen-bond acceptors (Lipinski definition) is 1. The molecule has 0 aromatic carbocycles. The van der Waals surface area contributed by atoms with Crippen molar-refractivity contribution in [3.05, 3.63) is 25.3 Å². The van der Waals surface area contributed by atoms with Crippen LogP contribution in [-0.4, -0.2) is 13.1 Å². The Hall–Kier alpha value is -0.560. The summed E-state index contributed by atoms with van der Waals surface area (Å²) >= 11 is 0. The molecule has 0 fully saturated rings. The second kappa shape index (κ2) is 5.57. The summed E-state index contributed by atoms with van der Waals surface area (Å²) in [5, 5.41) is 3.12. The summed E-state index contributed by atoms with van der Waals surface area (Å²) < 4.78 is 0. The molecule has 1 heteroatoms. The molecule has 1 unspecified atom stereocenters. The molecule has 0 radical (unpaired) electrons. The van der Waals surface area contributed by atoms with E-state index >= 15 is 0 Å². The molecule has 0 spiro atoms. The van der Waals surface area contributed by atoms with Crippen molar-refractivity contribution in [3.8, 4) is 0 Å². The van der Waals surface area contributed by atoms with Crippen molar-refractivity contribution in [2.24, 2.45) is 0 Å². The third kappa shape index (κ3) is 3.98. The molecule has 0 aliphatic heterocycles. The zero-order valence-electron chi connectivity index (χ0n) is 6.06. The SMILES string of the molecule is C=CCCC(C=C)NC. The lowest BCUT2D eigenvalue weighted by Crippen LogP contribution is -2.21. The molecule has 9 heavy (non-hydrogen) atoms. The van der Waals surface area contributed by atoms with Crippen LogP contribution in [0.1, 0.15) is 12.8 Å². The highest BCUT2D eigenvalue weighted by Gasteiger charge is 1.95. The highest BCUT2D eigenvalue weighted by atomic mass is 14.8. The second-order valence-corrected chi connectivity index (χ2v) is 2.00. The van der Waals surface area contributed by atoms with Crippen LogP contribution in [0.2, 0.25) is 0 Å². The van der Waals surface area contributed by atoms with Crippen molar-refractivity contribution in [3.63, 3.8) is 0 Å². The zero-order chi connectivity index (χ0) is 7.11. The van der Waals surface area contributed by atoms with Crippen LogP contribution in [0.5, 0.6) is 0 Å². The van der Waals surface area contributed by atoms with Crippen LogP contribution in [0.4, 0.5) is 0 Å². The summed E-state index contributed by atoms with van der Waals surface area (Å²) in [4.78, 5) is 0. The predicted octanol–water partition coefficient (Wildman–Crippen LogP) is 1.73. The van der Waals surface area contributed by atoms with Crippen LogP contribution in [0.15, 0.2) is 25.3 Å². The average molecular weight is 125 g/mol. The first kappa shape index (κ1) is 8.44. The average Bonchev–Trinajstić information content (AvgIpc) is 1.91. The van der Waals surface area contributed by atoms with Gasteiger partial charge in [-0.05, 0) is 19.9 Å². The van der Waals surface area contributed by atoms with Gasteiger partial charge in [-0.2, -0.15) is 0 Å². The Bertz CT molecular complexity index is 86.6. The summed E-state index contributed by atoms with van der Waals surface area (Å²) in [5.41, 5.74) is 0. The number of nitrogens with one attached hydrogen (secondary N) is 1. The summed E-state index contributed by atoms with van der Waals surface area (Å²) in [6.07, 6.45) is 6.00. The quantitative estimate of drug-likeness (QED) is 0.552. The summed E-state index contributed by atoms with van der Waals surface area (Å²) in [7, 11) is 1.94. The normalized spacial score (nSPS) is 12.6. The predicted molar refractivity (Wildman–Crippen MR) is 42.5 cm³/mol. The molecule has 1 N–H and O–H groups in total. The Balaban J connectivity index is 3.30. The van der Waals surface area contributed by atoms with E-state index < -0.39 is 0 Å². The molecule has 1 atom stereocenters. The van der Waals surface area contributed by atoms with Crippen LogP contribution in [0.3, 0.4) is 0 Å². The molecule has 0 aliphatic carbocycles. The first-order valence-corrected chi connectivity index (χ1v) is 3.26. The van der Waals surface area contributed by atoms with E-state index in [2.05, 4.69) is 18.5 Å². The van der Waals surface area contributed by atoms with Gasteiger partial charge in [0.2, 0.25) is 0 Å². The van der Waals surface area contributed by atoms with Crippen LogP contribution in [0, 0.1) is 0 Å². The van der Waals surface area contributed by atoms with Crippen molar-refractivity contribution in [1.82, 2.24) is 5.32 Å². The van der Waals surface area contributed by atoms with Gasteiger partial charge in [-0.15, -0.1) is 13.2 Å². The van der Waals surface area contributed by atoms with E-state index in [9.17, 15) is 0 Å². The van der Waals surface area contributed by atoms with E-state index in [-0.39, 0.29) is 0 Å². The highest BCUT2D eigenvalue weighted by molar-refractivity contribution is 4.86. The molecule has 0 rings (SSSR count). The molecule has 0 saturated carbocycles. The smallest absolute Gasteiger partial charge is 0.0247 e. The molecule has 0 bridgehead atoms. The number of likely N-dealkylation sites (N-methyl/N-ethyl adjacent to an activating group) is 1. The minimum Gasteiger partial charge on any atom is -0.314 e. The van der Waals surface area contributed by atoms with Gasteiger partial charge in [0.05, 0.1) is 0 Å². The largest absolute Gasteiger partial charge is 0.314 e. The number of hydrogen-bond donors (Lipinski definition) is 1. The zero-order valence-corrected chi connectivity index (χ0v) is 6.06. The van der Waals surface area contributed by atoms with Gasteiger partial charge in [0, 0.05) is 6.04 Å². The van der Waals surface area contributed by atoms with Gasteiger partial charge >= 0.3 is 0 Å². The lowest BCUT2D eigenvalue weighted by atomic mass is 10.1. The Kier molecular flexibility index (Phi) is 5.23. The Morgan fingerprint density at radius 1 is 1.56 bits per heavy atom. The minimum absolute atomic E-state index is 0.447. The fourth-order valence-corrected chi connectivity index (χ4v) is 0.677. The van der Waals surface area contributed by atoms with E-state index in [1.807, 2.05) is 19.2 Å². The van der Waals surface area contributed by atoms with Crippen molar-refractivity contribution in [2.75, 3.05) is 7.05 Å². The van der Waals surface area contributed by atoms with Crippen molar-refractivity contribution >= 4 is 0 Å². The first-order valence-electron chi connectivity index (χ1n) is 3.26. The van der Waals surface area contributed by atoms with Gasteiger partial charge in [0.15, 0.2) is 0 Å². The third-order valence-corrected chi connectivity index (χ3v) is 1.34. The fourth-order valence-electron chi connectivity index (χ4n) is 0.677. The molecule has 0 aromatic rings. The van der Waals surface area contributed by atoms with Gasteiger partial charge in [-0.1, -0.05) is 12.2 Å². The molecule has 0 aromatic heterocycles. The Labute approximate surface area is 57.5 Å². The molecule has 0 aliphatic rings. The Morgan fingerprint density at radius 3 is 2.56 bits per heavy atom. The van der Waals surface area contributed by atoms with E-state index in [4.69, 9.17) is 0 Å².